The molecule has 3 heteroatoms. The minimum Gasteiger partial charge on any atom is -0.497 e. The second kappa shape index (κ2) is 7.98. The van der Waals surface area contributed by atoms with Crippen LogP contribution < -0.4 is 10.1 Å². The van der Waals surface area contributed by atoms with Crippen LogP contribution in [-0.2, 0) is 0 Å². The number of benzene rings is 2. The molecule has 0 amide bonds. The molecule has 2 nitrogen and oxygen atoms in total. The Morgan fingerprint density at radius 3 is 2.65 bits per heavy atom. The van der Waals surface area contributed by atoms with E-state index in [0.29, 0.717) is 6.04 Å². The molecule has 1 atom stereocenters. The lowest BCUT2D eigenvalue weighted by atomic mass is 10.1. The molecule has 1 N–H and O–H groups in total. The van der Waals surface area contributed by atoms with E-state index in [1.807, 2.05) is 30.0 Å². The van der Waals surface area contributed by atoms with Gasteiger partial charge >= 0.3 is 0 Å². The topological polar surface area (TPSA) is 21.3 Å². The molecule has 0 aliphatic carbocycles. The zero-order valence-electron chi connectivity index (χ0n) is 12.0. The van der Waals surface area contributed by atoms with Crippen molar-refractivity contribution in [1.29, 1.82) is 0 Å². The van der Waals surface area contributed by atoms with Crippen LogP contribution in [0.1, 0.15) is 18.5 Å². The van der Waals surface area contributed by atoms with Gasteiger partial charge in [0.15, 0.2) is 0 Å². The number of rotatable bonds is 7. The van der Waals surface area contributed by atoms with Gasteiger partial charge in [-0.2, -0.15) is 0 Å². The summed E-state index contributed by atoms with van der Waals surface area (Å²) in [6.07, 6.45) is 0. The Hall–Kier alpha value is -1.45. The second-order valence-electron chi connectivity index (χ2n) is 4.61. The van der Waals surface area contributed by atoms with Crippen molar-refractivity contribution in [3.63, 3.8) is 0 Å². The molecular weight excluding hydrogens is 266 g/mol. The SMILES string of the molecule is COc1cccc([C@@H](C)NCCSc2ccccc2)c1. The molecule has 0 radical (unpaired) electrons. The molecule has 2 aromatic carbocycles. The van der Waals surface area contributed by atoms with Crippen LogP contribution in [0.3, 0.4) is 0 Å². The third kappa shape index (κ3) is 4.58. The van der Waals surface area contributed by atoms with Gasteiger partial charge in [-0.3, -0.25) is 0 Å². The molecule has 0 bridgehead atoms. The van der Waals surface area contributed by atoms with Crippen LogP contribution in [0.5, 0.6) is 5.75 Å². The smallest absolute Gasteiger partial charge is 0.119 e. The summed E-state index contributed by atoms with van der Waals surface area (Å²) in [5.41, 5.74) is 1.26. The van der Waals surface area contributed by atoms with Crippen molar-refractivity contribution >= 4 is 11.8 Å². The molecule has 20 heavy (non-hydrogen) atoms. The van der Waals surface area contributed by atoms with Gasteiger partial charge in [-0.25, -0.2) is 0 Å². The maximum absolute atomic E-state index is 5.26. The van der Waals surface area contributed by atoms with E-state index in [2.05, 4.69) is 48.6 Å². The van der Waals surface area contributed by atoms with Gasteiger partial charge in [-0.05, 0) is 36.8 Å². The predicted octanol–water partition coefficient (Wildman–Crippen LogP) is 4.14. The first-order valence-corrected chi connectivity index (χ1v) is 7.83. The largest absolute Gasteiger partial charge is 0.497 e. The van der Waals surface area contributed by atoms with E-state index < -0.39 is 0 Å². The lowest BCUT2D eigenvalue weighted by molar-refractivity contribution is 0.413. The first kappa shape index (κ1) is 14.9. The Morgan fingerprint density at radius 2 is 1.90 bits per heavy atom. The number of hydrogen-bond donors (Lipinski definition) is 1. The quantitative estimate of drug-likeness (QED) is 0.611. The Balaban J connectivity index is 1.76. The zero-order chi connectivity index (χ0) is 14.2. The molecule has 0 spiro atoms. The first-order chi connectivity index (χ1) is 9.79. The summed E-state index contributed by atoms with van der Waals surface area (Å²) in [7, 11) is 1.70. The molecule has 106 valence electrons. The minimum absolute atomic E-state index is 0.335. The highest BCUT2D eigenvalue weighted by molar-refractivity contribution is 7.99. The third-order valence-corrected chi connectivity index (χ3v) is 4.17. The molecular formula is C17H21NOS. The van der Waals surface area contributed by atoms with E-state index in [1.54, 1.807) is 7.11 Å². The van der Waals surface area contributed by atoms with Crippen LogP contribution in [0.2, 0.25) is 0 Å². The Morgan fingerprint density at radius 1 is 1.10 bits per heavy atom. The van der Waals surface area contributed by atoms with Gasteiger partial charge in [0.25, 0.3) is 0 Å². The van der Waals surface area contributed by atoms with E-state index in [4.69, 9.17) is 4.74 Å². The summed E-state index contributed by atoms with van der Waals surface area (Å²) in [6, 6.07) is 19.1. The number of ether oxygens (including phenoxy) is 1. The molecule has 2 rings (SSSR count). The maximum Gasteiger partial charge on any atom is 0.119 e. The normalized spacial score (nSPS) is 12.1. The fraction of sp³-hybridized carbons (Fsp3) is 0.294. The lowest BCUT2D eigenvalue weighted by Gasteiger charge is -2.15. The number of methoxy groups -OCH3 is 1. The lowest BCUT2D eigenvalue weighted by Crippen LogP contribution is -2.21. The monoisotopic (exact) mass is 287 g/mol. The Bertz CT molecular complexity index is 515. The van der Waals surface area contributed by atoms with Gasteiger partial charge in [-0.1, -0.05) is 30.3 Å². The van der Waals surface area contributed by atoms with E-state index in [1.165, 1.54) is 10.5 Å². The molecule has 0 saturated carbocycles. The van der Waals surface area contributed by atoms with Gasteiger partial charge in [0.2, 0.25) is 0 Å². The van der Waals surface area contributed by atoms with E-state index in [-0.39, 0.29) is 0 Å². The molecule has 0 fully saturated rings. The second-order valence-corrected chi connectivity index (χ2v) is 5.78. The van der Waals surface area contributed by atoms with Crippen molar-refractivity contribution in [2.75, 3.05) is 19.4 Å². The zero-order valence-corrected chi connectivity index (χ0v) is 12.8. The molecule has 0 aliphatic heterocycles. The molecule has 0 aromatic heterocycles. The summed E-state index contributed by atoms with van der Waals surface area (Å²) in [6.45, 7) is 3.17. The highest BCUT2D eigenvalue weighted by atomic mass is 32.2. The van der Waals surface area contributed by atoms with Crippen LogP contribution in [-0.4, -0.2) is 19.4 Å². The summed E-state index contributed by atoms with van der Waals surface area (Å²) in [5, 5.41) is 3.54. The predicted molar refractivity (Wildman–Crippen MR) is 86.6 cm³/mol. The van der Waals surface area contributed by atoms with Crippen molar-refractivity contribution in [2.45, 2.75) is 17.9 Å². The molecule has 2 aromatic rings. The van der Waals surface area contributed by atoms with E-state index in [9.17, 15) is 0 Å². The van der Waals surface area contributed by atoms with Crippen molar-refractivity contribution in [2.24, 2.45) is 0 Å². The fourth-order valence-corrected chi connectivity index (χ4v) is 2.79. The summed E-state index contributed by atoms with van der Waals surface area (Å²) in [4.78, 5) is 1.32. The van der Waals surface area contributed by atoms with Gasteiger partial charge in [0.05, 0.1) is 7.11 Å². The van der Waals surface area contributed by atoms with Crippen LogP contribution in [0.15, 0.2) is 59.5 Å². The van der Waals surface area contributed by atoms with Crippen molar-refractivity contribution in [3.8, 4) is 5.75 Å². The average molecular weight is 287 g/mol. The first-order valence-electron chi connectivity index (χ1n) is 6.85. The summed E-state index contributed by atoms with van der Waals surface area (Å²) < 4.78 is 5.26. The van der Waals surface area contributed by atoms with E-state index in [0.717, 1.165) is 18.0 Å². The fourth-order valence-electron chi connectivity index (χ4n) is 1.99. The Labute approximate surface area is 125 Å². The third-order valence-electron chi connectivity index (χ3n) is 3.16. The van der Waals surface area contributed by atoms with Gasteiger partial charge in [-0.15, -0.1) is 11.8 Å². The van der Waals surface area contributed by atoms with Crippen LogP contribution >= 0.6 is 11.8 Å². The summed E-state index contributed by atoms with van der Waals surface area (Å²) in [5.74, 6) is 1.98. The molecule has 0 saturated heterocycles. The maximum atomic E-state index is 5.26. The van der Waals surface area contributed by atoms with Gasteiger partial charge in [0, 0.05) is 23.2 Å². The van der Waals surface area contributed by atoms with Crippen LogP contribution in [0, 0.1) is 0 Å². The molecule has 0 heterocycles. The number of hydrogen-bond acceptors (Lipinski definition) is 3. The van der Waals surface area contributed by atoms with Crippen molar-refractivity contribution < 1.29 is 4.74 Å². The standard InChI is InChI=1S/C17H21NOS/c1-14(15-7-6-8-16(13-15)19-2)18-11-12-20-17-9-4-3-5-10-17/h3-10,13-14,18H,11-12H2,1-2H3/t14-/m1/s1. The summed E-state index contributed by atoms with van der Waals surface area (Å²) >= 11 is 1.88. The Kier molecular flexibility index (Phi) is 5.96. The molecule has 0 unspecified atom stereocenters. The number of thioether (sulfide) groups is 1. The highest BCUT2D eigenvalue weighted by Gasteiger charge is 2.05. The van der Waals surface area contributed by atoms with Crippen molar-refractivity contribution in [3.05, 3.63) is 60.2 Å². The highest BCUT2D eigenvalue weighted by Crippen LogP contribution is 2.19. The van der Waals surface area contributed by atoms with Crippen LogP contribution in [0.25, 0.3) is 0 Å². The van der Waals surface area contributed by atoms with Crippen molar-refractivity contribution in [1.82, 2.24) is 5.32 Å². The van der Waals surface area contributed by atoms with Gasteiger partial charge < -0.3 is 10.1 Å². The van der Waals surface area contributed by atoms with Gasteiger partial charge in [0.1, 0.15) is 5.75 Å². The average Bonchev–Trinajstić information content (AvgIpc) is 2.52. The minimum atomic E-state index is 0.335. The number of nitrogens with one attached hydrogen (secondary N) is 1. The van der Waals surface area contributed by atoms with Crippen LogP contribution in [0.4, 0.5) is 0 Å². The van der Waals surface area contributed by atoms with E-state index >= 15 is 0 Å². The molecule has 0 aliphatic rings.